The number of carbonyl (C=O) groups excluding carboxylic acids is 1. The second-order valence-corrected chi connectivity index (χ2v) is 6.61. The van der Waals surface area contributed by atoms with E-state index in [0.29, 0.717) is 17.9 Å². The normalized spacial score (nSPS) is 11.7. The number of aromatic nitrogens is 3. The quantitative estimate of drug-likeness (QED) is 0.547. The average molecular weight is 326 g/mol. The molecule has 2 aromatic heterocycles. The van der Waals surface area contributed by atoms with Gasteiger partial charge in [-0.2, -0.15) is 5.10 Å². The van der Waals surface area contributed by atoms with Crippen molar-refractivity contribution in [2.45, 2.75) is 6.42 Å². The molecule has 2 aromatic rings. The van der Waals surface area contributed by atoms with Crippen LogP contribution < -0.4 is 5.46 Å². The van der Waals surface area contributed by atoms with Gasteiger partial charge in [-0.15, -0.1) is 11.8 Å². The van der Waals surface area contributed by atoms with Crippen molar-refractivity contribution in [2.24, 2.45) is 0 Å². The number of thioether (sulfide) groups is 1. The topological polar surface area (TPSA) is 50.5 Å². The predicted molar refractivity (Wildman–Crippen MR) is 102 cm³/mol. The number of hydrogen-bond acceptors (Lipinski definition) is 4. The monoisotopic (exact) mass is 326 g/mol. The van der Waals surface area contributed by atoms with E-state index in [1.165, 1.54) is 4.80 Å². The number of hydrogen-bond donors (Lipinski definition) is 0. The molecule has 0 aliphatic carbocycles. The van der Waals surface area contributed by atoms with E-state index in [0.717, 1.165) is 17.5 Å². The lowest BCUT2D eigenvalue weighted by Crippen LogP contribution is -2.28. The van der Waals surface area contributed by atoms with Crippen molar-refractivity contribution >= 4 is 44.5 Å². The molecule has 0 N–H and O–H groups in total. The maximum Gasteiger partial charge on any atom is 0.274 e. The predicted octanol–water partition coefficient (Wildman–Crippen LogP) is -0.157. The molecule has 0 aromatic carbocycles. The summed E-state index contributed by atoms with van der Waals surface area (Å²) < 4.78 is 1.64. The molecule has 8 heteroatoms. The lowest BCUT2D eigenvalue weighted by molar-refractivity contribution is 0.0791. The first-order valence-corrected chi connectivity index (χ1v) is 8.60. The third-order valence-electron chi connectivity index (χ3n) is 3.51. The minimum Gasteiger partial charge on any atom is -0.340 e. The van der Waals surface area contributed by atoms with E-state index in [4.69, 9.17) is 0 Å². The molecule has 0 saturated heterocycles. The molecule has 1 amide bonds. The SMILES string of the molecule is B/C(=C/C(=C)CCN(C)C(=O)c1cc2ncc(B)cn2n1)SC. The number of allylic oxidation sites excluding steroid dienone is 1. The highest BCUT2D eigenvalue weighted by Gasteiger charge is 2.16. The van der Waals surface area contributed by atoms with Gasteiger partial charge in [-0.25, -0.2) is 9.50 Å². The standard InChI is InChI=1S/C15H20B2N4OS/c1-10(6-13(17)23-3)4-5-20(2)15(22)12-7-14-18-8-11(16)9-21(14)19-12/h6-9H,1,4-5,16-17H2,2-3H3/b13-6-. The second-order valence-electron chi connectivity index (χ2n) is 5.56. The first kappa shape index (κ1) is 17.4. The zero-order chi connectivity index (χ0) is 17.0. The second kappa shape index (κ2) is 7.55. The molecular weight excluding hydrogens is 306 g/mol. The van der Waals surface area contributed by atoms with E-state index in [-0.39, 0.29) is 5.91 Å². The van der Waals surface area contributed by atoms with Crippen LogP contribution in [0.3, 0.4) is 0 Å². The number of carbonyl (C=O) groups is 1. The summed E-state index contributed by atoms with van der Waals surface area (Å²) >= 11 is 1.69. The van der Waals surface area contributed by atoms with Crippen LogP contribution in [0, 0.1) is 0 Å². The molecule has 23 heavy (non-hydrogen) atoms. The fourth-order valence-electron chi connectivity index (χ4n) is 2.10. The fourth-order valence-corrected chi connectivity index (χ4v) is 2.39. The summed E-state index contributed by atoms with van der Waals surface area (Å²) in [5.74, 6) is -0.105. The number of nitrogens with zero attached hydrogens (tertiary/aromatic N) is 4. The first-order chi connectivity index (χ1) is 10.9. The Kier molecular flexibility index (Phi) is 5.71. The van der Waals surface area contributed by atoms with Gasteiger partial charge in [0.25, 0.3) is 5.91 Å². The molecule has 0 saturated carbocycles. The summed E-state index contributed by atoms with van der Waals surface area (Å²) in [6, 6.07) is 1.71. The van der Waals surface area contributed by atoms with Crippen molar-refractivity contribution in [3.63, 3.8) is 0 Å². The van der Waals surface area contributed by atoms with Gasteiger partial charge in [-0.3, -0.25) is 4.79 Å². The Bertz CT molecular complexity index is 772. The molecule has 0 fully saturated rings. The van der Waals surface area contributed by atoms with Gasteiger partial charge in [0.15, 0.2) is 11.3 Å². The Labute approximate surface area is 142 Å². The van der Waals surface area contributed by atoms with Crippen LogP contribution in [-0.2, 0) is 0 Å². The Balaban J connectivity index is 2.02. The van der Waals surface area contributed by atoms with Gasteiger partial charge in [0.1, 0.15) is 15.7 Å². The van der Waals surface area contributed by atoms with Crippen molar-refractivity contribution in [3.8, 4) is 0 Å². The first-order valence-electron chi connectivity index (χ1n) is 7.38. The van der Waals surface area contributed by atoms with Crippen molar-refractivity contribution in [3.05, 3.63) is 47.2 Å². The number of rotatable bonds is 6. The van der Waals surface area contributed by atoms with E-state index in [9.17, 15) is 4.79 Å². The van der Waals surface area contributed by atoms with E-state index in [2.05, 4.69) is 30.6 Å². The van der Waals surface area contributed by atoms with Crippen LogP contribution >= 0.6 is 11.8 Å². The zero-order valence-corrected chi connectivity index (χ0v) is 14.9. The zero-order valence-electron chi connectivity index (χ0n) is 14.0. The van der Waals surface area contributed by atoms with Crippen LogP contribution in [0.4, 0.5) is 0 Å². The van der Waals surface area contributed by atoms with E-state index >= 15 is 0 Å². The van der Waals surface area contributed by atoms with E-state index in [1.54, 1.807) is 40.5 Å². The maximum absolute atomic E-state index is 12.5. The third kappa shape index (κ3) is 4.51. The lowest BCUT2D eigenvalue weighted by Gasteiger charge is -2.15. The van der Waals surface area contributed by atoms with Crippen LogP contribution in [0.5, 0.6) is 0 Å². The largest absolute Gasteiger partial charge is 0.340 e. The Morgan fingerprint density at radius 3 is 3.00 bits per heavy atom. The number of fused-ring (bicyclic) bond motifs is 1. The Morgan fingerprint density at radius 2 is 2.30 bits per heavy atom. The molecule has 0 aliphatic heterocycles. The van der Waals surface area contributed by atoms with Gasteiger partial charge in [0.2, 0.25) is 0 Å². The highest BCUT2D eigenvalue weighted by atomic mass is 32.2. The van der Waals surface area contributed by atoms with Crippen molar-refractivity contribution in [1.29, 1.82) is 0 Å². The third-order valence-corrected chi connectivity index (χ3v) is 4.27. The molecule has 0 spiro atoms. The van der Waals surface area contributed by atoms with Crippen LogP contribution in [0.15, 0.2) is 41.5 Å². The molecule has 0 bridgehead atoms. The summed E-state index contributed by atoms with van der Waals surface area (Å²) in [6.45, 7) is 4.64. The summed E-state index contributed by atoms with van der Waals surface area (Å²) in [5.41, 5.74) is 3.10. The van der Waals surface area contributed by atoms with Gasteiger partial charge in [0.05, 0.1) is 0 Å². The van der Waals surface area contributed by atoms with Gasteiger partial charge in [0, 0.05) is 32.1 Å². The highest BCUT2D eigenvalue weighted by molar-refractivity contribution is 8.03. The number of amides is 1. The maximum atomic E-state index is 12.5. The summed E-state index contributed by atoms with van der Waals surface area (Å²) in [4.78, 5) is 19.6. The molecule has 0 atom stereocenters. The highest BCUT2D eigenvalue weighted by Crippen LogP contribution is 2.12. The van der Waals surface area contributed by atoms with Crippen LogP contribution in [0.25, 0.3) is 5.65 Å². The van der Waals surface area contributed by atoms with Crippen molar-refractivity contribution in [1.82, 2.24) is 19.5 Å². The van der Waals surface area contributed by atoms with Crippen LogP contribution in [0.1, 0.15) is 16.9 Å². The van der Waals surface area contributed by atoms with Gasteiger partial charge in [-0.05, 0) is 12.7 Å². The Hall–Kier alpha value is -1.95. The summed E-state index contributed by atoms with van der Waals surface area (Å²) in [7, 11) is 5.78. The molecule has 5 nitrogen and oxygen atoms in total. The van der Waals surface area contributed by atoms with Crippen molar-refractivity contribution in [2.75, 3.05) is 19.8 Å². The molecule has 0 radical (unpaired) electrons. The average Bonchev–Trinajstić information content (AvgIpc) is 2.94. The van der Waals surface area contributed by atoms with Crippen LogP contribution in [0.2, 0.25) is 0 Å². The molecule has 2 heterocycles. The molecule has 2 rings (SSSR count). The van der Waals surface area contributed by atoms with Crippen molar-refractivity contribution < 1.29 is 4.79 Å². The smallest absolute Gasteiger partial charge is 0.274 e. The molecular formula is C15H20B2N4OS. The fraction of sp³-hybridized carbons (Fsp3) is 0.267. The van der Waals surface area contributed by atoms with E-state index in [1.807, 2.05) is 20.3 Å². The molecule has 0 aliphatic rings. The summed E-state index contributed by atoms with van der Waals surface area (Å²) in [5, 5.41) is 4.31. The lowest BCUT2D eigenvalue weighted by atomic mass is 10.0. The van der Waals surface area contributed by atoms with E-state index < -0.39 is 0 Å². The Morgan fingerprint density at radius 1 is 1.57 bits per heavy atom. The van der Waals surface area contributed by atoms with Gasteiger partial charge >= 0.3 is 0 Å². The van der Waals surface area contributed by atoms with Gasteiger partial charge < -0.3 is 4.90 Å². The van der Waals surface area contributed by atoms with Crippen LogP contribution in [-0.4, -0.2) is 60.9 Å². The summed E-state index contributed by atoms with van der Waals surface area (Å²) in [6.07, 6.45) is 8.45. The van der Waals surface area contributed by atoms with Gasteiger partial charge in [-0.1, -0.05) is 28.5 Å². The molecule has 118 valence electrons. The molecule has 0 unspecified atom stereocenters. The minimum atomic E-state index is -0.105. The minimum absolute atomic E-state index is 0.105.